The molecule has 134 valence electrons. The molecule has 1 aliphatic rings. The lowest BCUT2D eigenvalue weighted by Gasteiger charge is -2.38. The molecule has 25 heavy (non-hydrogen) atoms. The van der Waals surface area contributed by atoms with Gasteiger partial charge in [0.2, 0.25) is 5.60 Å². The van der Waals surface area contributed by atoms with Gasteiger partial charge in [0, 0.05) is 38.5 Å². The van der Waals surface area contributed by atoms with E-state index < -0.39 is 17.4 Å². The topological polar surface area (TPSA) is 80.5 Å². The fraction of sp³-hybridized carbons (Fsp3) is 0.471. The molecule has 3 rings (SSSR count). The number of hydrogen-bond acceptors (Lipinski definition) is 5. The Balaban J connectivity index is 1.67. The third-order valence-electron chi connectivity index (χ3n) is 4.52. The first-order valence-electron chi connectivity index (χ1n) is 8.29. The summed E-state index contributed by atoms with van der Waals surface area (Å²) in [5, 5.41) is 13.8. The summed E-state index contributed by atoms with van der Waals surface area (Å²) in [6.07, 6.45) is 2.16. The number of aliphatic carboxylic acids is 1. The smallest absolute Gasteiger partial charge is 0.348 e. The van der Waals surface area contributed by atoms with Crippen molar-refractivity contribution in [1.29, 1.82) is 0 Å². The van der Waals surface area contributed by atoms with Gasteiger partial charge >= 0.3 is 5.97 Å². The highest BCUT2D eigenvalue weighted by molar-refractivity contribution is 5.78. The van der Waals surface area contributed by atoms with Crippen LogP contribution in [0.2, 0.25) is 0 Å². The molecule has 1 aromatic heterocycles. The van der Waals surface area contributed by atoms with Gasteiger partial charge < -0.3 is 9.84 Å². The van der Waals surface area contributed by atoms with E-state index in [2.05, 4.69) is 15.0 Å². The van der Waals surface area contributed by atoms with E-state index in [-0.39, 0.29) is 5.75 Å². The lowest BCUT2D eigenvalue weighted by atomic mass is 9.91. The van der Waals surface area contributed by atoms with Gasteiger partial charge in [-0.05, 0) is 19.1 Å². The second kappa shape index (κ2) is 7.18. The molecular formula is C17H21FN4O3. The summed E-state index contributed by atoms with van der Waals surface area (Å²) in [6, 6.07) is 5.59. The molecule has 2 aromatic rings. The number of carboxylic acids is 1. The van der Waals surface area contributed by atoms with E-state index >= 15 is 0 Å². The van der Waals surface area contributed by atoms with Crippen molar-refractivity contribution in [2.75, 3.05) is 13.1 Å². The van der Waals surface area contributed by atoms with E-state index in [0.29, 0.717) is 32.5 Å². The van der Waals surface area contributed by atoms with Crippen LogP contribution >= 0.6 is 0 Å². The van der Waals surface area contributed by atoms with Gasteiger partial charge in [-0.15, -0.1) is 0 Å². The Labute approximate surface area is 145 Å². The zero-order chi connectivity index (χ0) is 17.9. The average molecular weight is 348 g/mol. The van der Waals surface area contributed by atoms with Crippen LogP contribution in [0.5, 0.6) is 5.75 Å². The molecule has 1 saturated heterocycles. The van der Waals surface area contributed by atoms with Crippen molar-refractivity contribution in [2.24, 2.45) is 0 Å². The van der Waals surface area contributed by atoms with Crippen LogP contribution in [0, 0.1) is 5.82 Å². The predicted octanol–water partition coefficient (Wildman–Crippen LogP) is 1.94. The molecule has 0 aliphatic carbocycles. The molecule has 7 nitrogen and oxygen atoms in total. The van der Waals surface area contributed by atoms with Crippen LogP contribution < -0.4 is 4.74 Å². The second-order valence-electron chi connectivity index (χ2n) is 6.13. The van der Waals surface area contributed by atoms with Gasteiger partial charge in [-0.2, -0.15) is 5.10 Å². The third kappa shape index (κ3) is 3.79. The van der Waals surface area contributed by atoms with Gasteiger partial charge in [-0.1, -0.05) is 6.07 Å². The van der Waals surface area contributed by atoms with E-state index in [4.69, 9.17) is 4.74 Å². The molecule has 1 fully saturated rings. The lowest BCUT2D eigenvalue weighted by Crippen LogP contribution is -2.53. The average Bonchev–Trinajstić information content (AvgIpc) is 3.04. The van der Waals surface area contributed by atoms with Gasteiger partial charge in [-0.25, -0.2) is 18.9 Å². The van der Waals surface area contributed by atoms with Crippen molar-refractivity contribution in [2.45, 2.75) is 38.5 Å². The molecule has 0 amide bonds. The number of carbonyl (C=O) groups is 1. The summed E-state index contributed by atoms with van der Waals surface area (Å²) < 4.78 is 20.9. The summed E-state index contributed by atoms with van der Waals surface area (Å²) in [6.45, 7) is 4.46. The normalized spacial score (nSPS) is 17.4. The minimum absolute atomic E-state index is 0.238. The molecule has 1 N–H and O–H groups in total. The molecule has 0 atom stereocenters. The summed E-state index contributed by atoms with van der Waals surface area (Å²) >= 11 is 0. The molecule has 1 aliphatic heterocycles. The fourth-order valence-electron chi connectivity index (χ4n) is 3.06. The molecule has 0 radical (unpaired) electrons. The Morgan fingerprint density at radius 3 is 2.80 bits per heavy atom. The number of piperidine rings is 1. The summed E-state index contributed by atoms with van der Waals surface area (Å²) in [5.74, 6) is -0.375. The quantitative estimate of drug-likeness (QED) is 0.859. The summed E-state index contributed by atoms with van der Waals surface area (Å²) in [4.78, 5) is 18.2. The van der Waals surface area contributed by atoms with Crippen LogP contribution in [0.25, 0.3) is 0 Å². The Hall–Kier alpha value is -2.48. The highest BCUT2D eigenvalue weighted by Gasteiger charge is 2.44. The van der Waals surface area contributed by atoms with Crippen LogP contribution in [0.3, 0.4) is 0 Å². The monoisotopic (exact) mass is 348 g/mol. The molecule has 0 bridgehead atoms. The molecule has 0 unspecified atom stereocenters. The fourth-order valence-corrected chi connectivity index (χ4v) is 3.06. The maximum absolute atomic E-state index is 13.3. The van der Waals surface area contributed by atoms with E-state index in [1.54, 1.807) is 6.07 Å². The van der Waals surface area contributed by atoms with Crippen LogP contribution in [0.4, 0.5) is 4.39 Å². The minimum atomic E-state index is -1.33. The Bertz CT molecular complexity index is 741. The number of aryl methyl sites for hydroxylation is 1. The molecule has 0 saturated carbocycles. The van der Waals surface area contributed by atoms with Gasteiger partial charge in [-0.3, -0.25) is 4.90 Å². The molecular weight excluding hydrogens is 327 g/mol. The van der Waals surface area contributed by atoms with Crippen LogP contribution in [-0.2, 0) is 17.9 Å². The summed E-state index contributed by atoms with van der Waals surface area (Å²) in [5.41, 5.74) is -1.33. The molecule has 2 heterocycles. The van der Waals surface area contributed by atoms with E-state index in [1.165, 1.54) is 24.5 Å². The first kappa shape index (κ1) is 17.3. The van der Waals surface area contributed by atoms with Gasteiger partial charge in [0.15, 0.2) is 0 Å². The maximum atomic E-state index is 13.3. The second-order valence-corrected chi connectivity index (χ2v) is 6.13. The maximum Gasteiger partial charge on any atom is 0.348 e. The zero-order valence-electron chi connectivity index (χ0n) is 14.1. The standard InChI is InChI=1S/C17H21FN4O3/c1-2-22-15(19-12-20-22)11-21-8-6-17(7-9-21,16(23)24)25-14-5-3-4-13(18)10-14/h3-5,10,12H,2,6-9,11H2,1H3,(H,23,24). The molecule has 0 spiro atoms. The van der Waals surface area contributed by atoms with Crippen molar-refractivity contribution in [1.82, 2.24) is 19.7 Å². The largest absolute Gasteiger partial charge is 0.478 e. The SMILES string of the molecule is CCn1ncnc1CN1CCC(Oc2cccc(F)c2)(C(=O)O)CC1. The number of aromatic nitrogens is 3. The van der Waals surface area contributed by atoms with Gasteiger partial charge in [0.05, 0.1) is 6.54 Å². The predicted molar refractivity (Wildman–Crippen MR) is 87.6 cm³/mol. The zero-order valence-corrected chi connectivity index (χ0v) is 14.1. The highest BCUT2D eigenvalue weighted by Crippen LogP contribution is 2.30. The number of carboxylic acid groups (broad SMARTS) is 1. The number of hydrogen-bond donors (Lipinski definition) is 1. The van der Waals surface area contributed by atoms with Crippen molar-refractivity contribution >= 4 is 5.97 Å². The minimum Gasteiger partial charge on any atom is -0.478 e. The van der Waals surface area contributed by atoms with E-state index in [0.717, 1.165) is 12.4 Å². The first-order chi connectivity index (χ1) is 12.0. The van der Waals surface area contributed by atoms with Gasteiger partial charge in [0.1, 0.15) is 23.7 Å². The lowest BCUT2D eigenvalue weighted by molar-refractivity contribution is -0.160. The van der Waals surface area contributed by atoms with Crippen LogP contribution in [0.15, 0.2) is 30.6 Å². The molecule has 1 aromatic carbocycles. The van der Waals surface area contributed by atoms with Crippen LogP contribution in [0.1, 0.15) is 25.6 Å². The number of benzene rings is 1. The summed E-state index contributed by atoms with van der Waals surface area (Å²) in [7, 11) is 0. The highest BCUT2D eigenvalue weighted by atomic mass is 19.1. The van der Waals surface area contributed by atoms with Crippen molar-refractivity contribution in [3.8, 4) is 5.75 Å². The van der Waals surface area contributed by atoms with E-state index in [1.807, 2.05) is 11.6 Å². The Kier molecular flexibility index (Phi) is 4.98. The van der Waals surface area contributed by atoms with Crippen molar-refractivity contribution in [3.05, 3.63) is 42.2 Å². The first-order valence-corrected chi connectivity index (χ1v) is 8.29. The number of nitrogens with zero attached hydrogens (tertiary/aromatic N) is 4. The van der Waals surface area contributed by atoms with Crippen LogP contribution in [-0.4, -0.2) is 49.4 Å². The number of halogens is 1. The van der Waals surface area contributed by atoms with Crippen molar-refractivity contribution < 1.29 is 19.0 Å². The third-order valence-corrected chi connectivity index (χ3v) is 4.52. The number of likely N-dealkylation sites (tertiary alicyclic amines) is 1. The van der Waals surface area contributed by atoms with E-state index in [9.17, 15) is 14.3 Å². The number of rotatable bonds is 6. The van der Waals surface area contributed by atoms with Gasteiger partial charge in [0.25, 0.3) is 0 Å². The van der Waals surface area contributed by atoms with Crippen molar-refractivity contribution in [3.63, 3.8) is 0 Å². The molecule has 8 heteroatoms. The Morgan fingerprint density at radius 1 is 1.40 bits per heavy atom. The number of ether oxygens (including phenoxy) is 1. The Morgan fingerprint density at radius 2 is 2.16 bits per heavy atom.